The molecule has 0 saturated carbocycles. The minimum atomic E-state index is -2.44. The number of nitrogens with two attached hydrogens (primary N) is 3. The van der Waals surface area contributed by atoms with Gasteiger partial charge in [0.15, 0.2) is 11.6 Å². The number of primary amides is 1. The number of aliphatic hydroxyl groups excluding tert-OH is 1. The number of anilines is 1. The number of hydrogen-bond donors (Lipinski definition) is 21. The van der Waals surface area contributed by atoms with E-state index in [1.165, 1.54) is 24.3 Å². The Bertz CT molecular complexity index is 4040. The Morgan fingerprint density at radius 3 is 1.82 bits per heavy atom. The molecule has 0 radical (unpaired) electrons. The number of aliphatic carboxylic acids is 4. The van der Waals surface area contributed by atoms with Crippen LogP contribution in [0.15, 0.2) is 54.7 Å². The summed E-state index contributed by atoms with van der Waals surface area (Å²) in [5, 5.41) is 77.0. The van der Waals surface area contributed by atoms with Crippen LogP contribution in [0, 0.1) is 11.8 Å². The van der Waals surface area contributed by atoms with Crippen molar-refractivity contribution in [2.45, 2.75) is 210 Å². The zero-order chi connectivity index (χ0) is 85.8. The number of amides is 13. The topological polar surface area (TPSA) is 690 Å². The number of rotatable bonds is 34. The molecule has 13 atom stereocenters. The number of ether oxygens (including phenoxy) is 1. The van der Waals surface area contributed by atoms with Gasteiger partial charge in [0.05, 0.1) is 63.8 Å². The van der Waals surface area contributed by atoms with E-state index in [0.29, 0.717) is 29.3 Å². The summed E-state index contributed by atoms with van der Waals surface area (Å²) in [5.41, 5.74) is 18.1. The summed E-state index contributed by atoms with van der Waals surface area (Å²) >= 11 is 0. The molecule has 1 aromatic heterocycles. The number of unbranched alkanes of at least 4 members (excludes halogenated alkanes) is 6. The molecule has 0 spiro atoms. The lowest BCUT2D eigenvalue weighted by atomic mass is 9.92. The van der Waals surface area contributed by atoms with Crippen molar-refractivity contribution < 1.29 is 126 Å². The summed E-state index contributed by atoms with van der Waals surface area (Å²) in [6, 6.07) is -8.21. The number of aliphatic hydroxyl groups is 1. The number of aromatic nitrogens is 1. The predicted molar refractivity (Wildman–Crippen MR) is 401 cm³/mol. The number of ketones is 2. The van der Waals surface area contributed by atoms with Gasteiger partial charge < -0.3 is 116 Å². The number of cyclic esters (lactones) is 1. The lowest BCUT2D eigenvalue weighted by molar-refractivity contribution is -0.156. The number of nitrogens with one attached hydrogen (secondary N) is 13. The highest BCUT2D eigenvalue weighted by atomic mass is 16.5. The van der Waals surface area contributed by atoms with Crippen molar-refractivity contribution in [3.8, 4) is 0 Å². The lowest BCUT2D eigenvalue weighted by Gasteiger charge is -2.30. The molecule has 13 unspecified atom stereocenters. The first kappa shape index (κ1) is 94.9. The molecule has 1 aliphatic heterocycles. The predicted octanol–water partition coefficient (Wildman–Crippen LogP) is -4.53. The van der Waals surface area contributed by atoms with Crippen molar-refractivity contribution in [3.05, 3.63) is 65.9 Å². The van der Waals surface area contributed by atoms with Crippen molar-refractivity contribution in [1.29, 1.82) is 0 Å². The number of carboxylic acids is 4. The smallest absolute Gasteiger partial charge is 0.329 e. The van der Waals surface area contributed by atoms with Gasteiger partial charge in [-0.2, -0.15) is 0 Å². The van der Waals surface area contributed by atoms with E-state index in [4.69, 9.17) is 21.9 Å². The number of carboxylic acid groups (broad SMARTS) is 4. The van der Waals surface area contributed by atoms with Crippen LogP contribution in [0.25, 0.3) is 10.9 Å². The molecule has 13 amide bonds. The van der Waals surface area contributed by atoms with Crippen molar-refractivity contribution in [2.75, 3.05) is 32.0 Å². The van der Waals surface area contributed by atoms with Gasteiger partial charge in [0.25, 0.3) is 0 Å². The minimum absolute atomic E-state index is 0.0170. The first-order valence-corrected chi connectivity index (χ1v) is 37.0. The molecule has 24 N–H and O–H groups in total. The van der Waals surface area contributed by atoms with E-state index >= 15 is 0 Å². The Morgan fingerprint density at radius 2 is 1.20 bits per heavy atom. The third kappa shape index (κ3) is 32.6. The number of hydrogen-bond acceptors (Lipinski definition) is 24. The van der Waals surface area contributed by atoms with Crippen LogP contribution in [0.4, 0.5) is 5.69 Å². The van der Waals surface area contributed by atoms with Crippen LogP contribution < -0.4 is 81.0 Å². The molecule has 4 rings (SSSR count). The number of carbonyl (C=O) groups excluding carboxylic acids is 16. The average molecular weight is 1620 g/mol. The highest BCUT2D eigenvalue weighted by Gasteiger charge is 2.41. The quantitative estimate of drug-likeness (QED) is 0.0116. The number of fused-ring (bicyclic) bond motifs is 1. The summed E-state index contributed by atoms with van der Waals surface area (Å²) in [7, 11) is 0. The number of Topliss-reactive ketones (excluding diaryl/α,β-unsaturated/α-hetero) is 2. The maximum Gasteiger partial charge on any atom is 0.329 e. The Balaban J connectivity index is 1.87. The van der Waals surface area contributed by atoms with E-state index < -0.39 is 261 Å². The standard InChI is InChI=1S/C73H102N16O26/c1-5-6-7-8-9-10-11-22-55(94)82-46(25-40-32-77-44-20-15-13-17-41(40)44)66(106)84-47(29-54(76)93)67(107)85-48(31-61(102)103)68(108)89-63-38(4)115-73(114)50(28-52(91)42-18-12-14-19-43(42)75)87-71(111)62(36(2)24-59(98)99)88-69(109)51(35-90)83-57(96)33-78-56(95)30-49(72(112)113)86-64(104)37(3)80-65(105)39(27-60(100)101)26-53(92)45(21-16-23-74)81-58(97)34-79-70(63)110/h12-15,17-20,32,36-39,45-51,62-63,77,90H,5-11,16,21-31,33-35,74-75H2,1-4H3,(H2,76,93)(H,78,95)(H,79,110)(H,80,105)(H,81,97)(H,82,94)(H,83,96)(H,84,106)(H,85,107)(H,86,104)(H,87,111)(H,88,109)(H,89,108)(H,98,99)(H,100,101)(H,102,103)(H,112,113). The highest BCUT2D eigenvalue weighted by molar-refractivity contribution is 6.05. The third-order valence-electron chi connectivity index (χ3n) is 18.2. The zero-order valence-corrected chi connectivity index (χ0v) is 63.8. The van der Waals surface area contributed by atoms with E-state index in [9.17, 15) is 121 Å². The Kier molecular flexibility index (Phi) is 39.4. The van der Waals surface area contributed by atoms with Gasteiger partial charge in [0.2, 0.25) is 76.8 Å². The summed E-state index contributed by atoms with van der Waals surface area (Å²) in [4.78, 5) is 276. The molecule has 630 valence electrons. The minimum Gasteiger partial charge on any atom is -0.481 e. The number of aromatic amines is 1. The first-order chi connectivity index (χ1) is 54.4. The van der Waals surface area contributed by atoms with Gasteiger partial charge in [-0.25, -0.2) is 9.59 Å². The van der Waals surface area contributed by atoms with E-state index in [2.05, 4.69) is 59.8 Å². The molecule has 3 aromatic rings. The number of para-hydroxylation sites is 2. The maximum atomic E-state index is 14.8. The molecule has 2 aromatic carbocycles. The van der Waals surface area contributed by atoms with Gasteiger partial charge in [-0.05, 0) is 69.3 Å². The van der Waals surface area contributed by atoms with Crippen LogP contribution in [0.3, 0.4) is 0 Å². The van der Waals surface area contributed by atoms with Gasteiger partial charge in [0, 0.05) is 54.0 Å². The van der Waals surface area contributed by atoms with Gasteiger partial charge in [-0.3, -0.25) is 86.3 Å². The molecule has 0 bridgehead atoms. The van der Waals surface area contributed by atoms with E-state index in [1.807, 2.05) is 16.0 Å². The third-order valence-corrected chi connectivity index (χ3v) is 18.2. The average Bonchev–Trinajstić information content (AvgIpc) is 1.49. The molecular formula is C73H102N16O26. The van der Waals surface area contributed by atoms with E-state index in [1.54, 1.807) is 30.5 Å². The SMILES string of the molecule is CCCCCCCCCC(=O)NC(Cc1c[nH]c2ccccc12)C(=O)NC(CC(N)=O)C(=O)NC(CC(=O)O)C(=O)NC1C(=O)NCC(=O)NC(CCCN)C(=O)CC(CC(=O)O)C(=O)NC(C)C(=O)NC(C(=O)O)CC(=O)NCC(=O)NC(CO)C(=O)NC(C(C)CC(=O)O)C(=O)NC(CC(=O)c2ccccc2N)C(=O)OC1C. The number of H-pyrrole nitrogens is 1. The van der Waals surface area contributed by atoms with Crippen LogP contribution in [-0.4, -0.2) is 241 Å². The summed E-state index contributed by atoms with van der Waals surface area (Å²) in [5.74, 6) is -30.9. The van der Waals surface area contributed by atoms with Crippen LogP contribution in [0.1, 0.15) is 153 Å². The normalized spacial score (nSPS) is 21.4. The van der Waals surface area contributed by atoms with Gasteiger partial charge in [0.1, 0.15) is 60.5 Å². The maximum absolute atomic E-state index is 14.8. The second-order valence-corrected chi connectivity index (χ2v) is 27.6. The molecule has 2 heterocycles. The largest absolute Gasteiger partial charge is 0.481 e. The van der Waals surface area contributed by atoms with Crippen molar-refractivity contribution in [2.24, 2.45) is 23.3 Å². The van der Waals surface area contributed by atoms with Crippen LogP contribution >= 0.6 is 0 Å². The molecule has 115 heavy (non-hydrogen) atoms. The number of carbonyl (C=O) groups is 20. The van der Waals surface area contributed by atoms with Crippen LogP contribution in [0.2, 0.25) is 0 Å². The summed E-state index contributed by atoms with van der Waals surface area (Å²) in [6.07, 6.45) is -2.97. The fourth-order valence-corrected chi connectivity index (χ4v) is 12.0. The van der Waals surface area contributed by atoms with Gasteiger partial charge >= 0.3 is 29.8 Å². The summed E-state index contributed by atoms with van der Waals surface area (Å²) in [6.45, 7) is 1.32. The molecule has 1 saturated heterocycles. The van der Waals surface area contributed by atoms with E-state index in [0.717, 1.165) is 52.9 Å². The Morgan fingerprint density at radius 1 is 0.591 bits per heavy atom. The molecule has 42 heteroatoms. The number of esters is 1. The second-order valence-electron chi connectivity index (χ2n) is 27.6. The summed E-state index contributed by atoms with van der Waals surface area (Å²) < 4.78 is 5.69. The van der Waals surface area contributed by atoms with Crippen molar-refractivity contribution in [3.63, 3.8) is 0 Å². The Labute approximate surface area is 658 Å². The Hall–Kier alpha value is -12.5. The van der Waals surface area contributed by atoms with E-state index in [-0.39, 0.29) is 43.5 Å². The molecule has 1 fully saturated rings. The van der Waals surface area contributed by atoms with Crippen LogP contribution in [0.5, 0.6) is 0 Å². The van der Waals surface area contributed by atoms with Crippen molar-refractivity contribution in [1.82, 2.24) is 68.8 Å². The number of benzene rings is 2. The highest BCUT2D eigenvalue weighted by Crippen LogP contribution is 2.22. The van der Waals surface area contributed by atoms with Crippen molar-refractivity contribution >= 4 is 135 Å². The number of nitrogen functional groups attached to an aromatic ring is 1. The first-order valence-electron chi connectivity index (χ1n) is 37.0. The molecule has 0 aliphatic carbocycles. The molecular weight excluding hydrogens is 1520 g/mol. The molecule has 42 nitrogen and oxygen atoms in total. The van der Waals surface area contributed by atoms with Crippen LogP contribution in [-0.2, 0) is 102 Å². The monoisotopic (exact) mass is 1620 g/mol. The fourth-order valence-electron chi connectivity index (χ4n) is 12.0. The zero-order valence-electron chi connectivity index (χ0n) is 63.8. The fraction of sp³-hybridized carbons (Fsp3) is 0.534. The van der Waals surface area contributed by atoms with Gasteiger partial charge in [-0.15, -0.1) is 0 Å². The lowest BCUT2D eigenvalue weighted by Crippen LogP contribution is -2.61. The van der Waals surface area contributed by atoms with Gasteiger partial charge in [-0.1, -0.05) is 82.7 Å². The second kappa shape index (κ2) is 47.8. The molecule has 1 aliphatic rings.